The van der Waals surface area contributed by atoms with E-state index in [-0.39, 0.29) is 6.61 Å². The smallest absolute Gasteiger partial charge is 0.160 e. The number of hydrogen-bond donors (Lipinski definition) is 1. The van der Waals surface area contributed by atoms with Gasteiger partial charge in [-0.2, -0.15) is 5.10 Å². The van der Waals surface area contributed by atoms with Gasteiger partial charge < -0.3 is 5.11 Å². The molecule has 0 amide bonds. The number of aliphatic hydroxyl groups is 1. The summed E-state index contributed by atoms with van der Waals surface area (Å²) in [5.74, 6) is 0. The van der Waals surface area contributed by atoms with Gasteiger partial charge in [0.2, 0.25) is 0 Å². The van der Waals surface area contributed by atoms with Crippen LogP contribution < -0.4 is 0 Å². The second-order valence-corrected chi connectivity index (χ2v) is 4.71. The van der Waals surface area contributed by atoms with Crippen LogP contribution in [0.3, 0.4) is 0 Å². The number of fused-ring (bicyclic) bond motifs is 1. The van der Waals surface area contributed by atoms with Gasteiger partial charge in [-0.15, -0.1) is 0 Å². The van der Waals surface area contributed by atoms with Crippen LogP contribution in [0.2, 0.25) is 0 Å². The van der Waals surface area contributed by atoms with E-state index < -0.39 is 0 Å². The number of hydrogen-bond acceptors (Lipinski definition) is 3. The highest BCUT2D eigenvalue weighted by Gasteiger charge is 2.10. The minimum Gasteiger partial charge on any atom is -0.392 e. The molecule has 0 radical (unpaired) electrons. The Morgan fingerprint density at radius 1 is 1.21 bits per heavy atom. The van der Waals surface area contributed by atoms with E-state index in [9.17, 15) is 5.11 Å². The molecule has 4 heteroatoms. The third kappa shape index (κ3) is 1.90. The molecule has 0 atom stereocenters. The van der Waals surface area contributed by atoms with E-state index in [1.54, 1.807) is 4.52 Å². The summed E-state index contributed by atoms with van der Waals surface area (Å²) in [6, 6.07) is 8.22. The van der Waals surface area contributed by atoms with E-state index in [1.807, 2.05) is 12.3 Å². The number of rotatable bonds is 2. The highest BCUT2D eigenvalue weighted by molar-refractivity contribution is 5.72. The first-order valence-corrected chi connectivity index (χ1v) is 6.20. The van der Waals surface area contributed by atoms with Crippen LogP contribution in [-0.2, 0) is 6.61 Å². The lowest BCUT2D eigenvalue weighted by Crippen LogP contribution is -1.97. The molecule has 2 aromatic heterocycles. The summed E-state index contributed by atoms with van der Waals surface area (Å²) >= 11 is 0. The maximum atomic E-state index is 9.48. The van der Waals surface area contributed by atoms with Gasteiger partial charge in [-0.3, -0.25) is 0 Å². The van der Waals surface area contributed by atoms with Gasteiger partial charge in [-0.1, -0.05) is 18.2 Å². The van der Waals surface area contributed by atoms with Crippen LogP contribution in [0.1, 0.15) is 16.7 Å². The Morgan fingerprint density at radius 3 is 2.63 bits per heavy atom. The highest BCUT2D eigenvalue weighted by atomic mass is 16.3. The van der Waals surface area contributed by atoms with Crippen LogP contribution in [0.5, 0.6) is 0 Å². The summed E-state index contributed by atoms with van der Waals surface area (Å²) in [7, 11) is 0. The minimum atomic E-state index is -0.0407. The van der Waals surface area contributed by atoms with E-state index >= 15 is 0 Å². The number of benzene rings is 1. The van der Waals surface area contributed by atoms with Crippen molar-refractivity contribution in [2.24, 2.45) is 0 Å². The molecule has 0 fully saturated rings. The summed E-state index contributed by atoms with van der Waals surface area (Å²) in [6.07, 6.45) is 3.46. The molecule has 0 saturated carbocycles. The summed E-state index contributed by atoms with van der Waals surface area (Å²) in [5, 5.41) is 13.7. The highest BCUT2D eigenvalue weighted by Crippen LogP contribution is 2.28. The average molecular weight is 253 g/mol. The van der Waals surface area contributed by atoms with Gasteiger partial charge in [0.15, 0.2) is 5.65 Å². The van der Waals surface area contributed by atoms with Crippen molar-refractivity contribution < 1.29 is 5.11 Å². The van der Waals surface area contributed by atoms with Crippen LogP contribution in [-0.4, -0.2) is 19.7 Å². The van der Waals surface area contributed by atoms with E-state index in [2.05, 4.69) is 42.1 Å². The van der Waals surface area contributed by atoms with Crippen LogP contribution in [0, 0.1) is 13.8 Å². The Morgan fingerprint density at radius 2 is 1.95 bits per heavy atom. The summed E-state index contributed by atoms with van der Waals surface area (Å²) in [5.41, 5.74) is 6.16. The molecule has 0 spiro atoms. The van der Waals surface area contributed by atoms with Crippen molar-refractivity contribution >= 4 is 5.65 Å². The Balaban J connectivity index is 2.31. The molecule has 3 rings (SSSR count). The van der Waals surface area contributed by atoms with Gasteiger partial charge in [0.05, 0.1) is 6.61 Å². The molecule has 0 saturated heterocycles. The fourth-order valence-corrected chi connectivity index (χ4v) is 2.52. The zero-order valence-corrected chi connectivity index (χ0v) is 11.0. The van der Waals surface area contributed by atoms with Crippen LogP contribution in [0.15, 0.2) is 36.8 Å². The van der Waals surface area contributed by atoms with Gasteiger partial charge in [-0.25, -0.2) is 9.50 Å². The van der Waals surface area contributed by atoms with Gasteiger partial charge in [-0.05, 0) is 36.6 Å². The lowest BCUT2D eigenvalue weighted by Gasteiger charge is -2.11. The van der Waals surface area contributed by atoms with Crippen molar-refractivity contribution in [3.63, 3.8) is 0 Å². The molecule has 0 bridgehead atoms. The van der Waals surface area contributed by atoms with Gasteiger partial charge >= 0.3 is 0 Å². The molecule has 2 heterocycles. The maximum Gasteiger partial charge on any atom is 0.160 e. The zero-order chi connectivity index (χ0) is 13.4. The number of aromatic nitrogens is 3. The third-order valence-electron chi connectivity index (χ3n) is 3.39. The zero-order valence-electron chi connectivity index (χ0n) is 11.0. The maximum absolute atomic E-state index is 9.48. The first-order valence-electron chi connectivity index (χ1n) is 6.20. The molecule has 0 aliphatic heterocycles. The standard InChI is InChI=1S/C15H15N3O/c1-10-4-3-5-11(2)14(10)12-6-13(8-19)15-16-9-17-18(15)7-12/h3-7,9,19H,8H2,1-2H3. The van der Waals surface area contributed by atoms with Crippen molar-refractivity contribution in [2.45, 2.75) is 20.5 Å². The Kier molecular flexibility index (Phi) is 2.80. The molecule has 0 aliphatic carbocycles. The summed E-state index contributed by atoms with van der Waals surface area (Å²) in [4.78, 5) is 4.16. The van der Waals surface area contributed by atoms with Gasteiger partial charge in [0.1, 0.15) is 6.33 Å². The Bertz CT molecular complexity index is 726. The van der Waals surface area contributed by atoms with Gasteiger partial charge in [0, 0.05) is 17.3 Å². The van der Waals surface area contributed by atoms with Crippen molar-refractivity contribution in [2.75, 3.05) is 0 Å². The lowest BCUT2D eigenvalue weighted by molar-refractivity contribution is 0.282. The predicted octanol–water partition coefficient (Wildman–Crippen LogP) is 2.51. The molecule has 19 heavy (non-hydrogen) atoms. The van der Waals surface area contributed by atoms with Crippen LogP contribution in [0.4, 0.5) is 0 Å². The SMILES string of the molecule is Cc1cccc(C)c1-c1cc(CO)c2ncnn2c1. The lowest BCUT2D eigenvalue weighted by atomic mass is 9.96. The number of pyridine rings is 1. The third-order valence-corrected chi connectivity index (χ3v) is 3.39. The first kappa shape index (κ1) is 11.9. The van der Waals surface area contributed by atoms with Crippen molar-refractivity contribution in [1.29, 1.82) is 0 Å². The first-order chi connectivity index (χ1) is 9.20. The monoisotopic (exact) mass is 253 g/mol. The van der Waals surface area contributed by atoms with Gasteiger partial charge in [0.25, 0.3) is 0 Å². The number of nitrogens with zero attached hydrogens (tertiary/aromatic N) is 3. The molecule has 96 valence electrons. The molecule has 1 aromatic carbocycles. The van der Waals surface area contributed by atoms with Crippen LogP contribution >= 0.6 is 0 Å². The molecular weight excluding hydrogens is 238 g/mol. The fourth-order valence-electron chi connectivity index (χ4n) is 2.52. The molecule has 4 nitrogen and oxygen atoms in total. The largest absolute Gasteiger partial charge is 0.392 e. The normalized spacial score (nSPS) is 11.1. The van der Waals surface area contributed by atoms with E-state index in [0.717, 1.165) is 11.1 Å². The topological polar surface area (TPSA) is 50.4 Å². The second kappa shape index (κ2) is 4.48. The number of aryl methyl sites for hydroxylation is 2. The Labute approximate surface area is 111 Å². The second-order valence-electron chi connectivity index (χ2n) is 4.71. The summed E-state index contributed by atoms with van der Waals surface area (Å²) in [6.45, 7) is 4.14. The summed E-state index contributed by atoms with van der Waals surface area (Å²) < 4.78 is 1.72. The average Bonchev–Trinajstić information content (AvgIpc) is 2.85. The fraction of sp³-hybridized carbons (Fsp3) is 0.200. The van der Waals surface area contributed by atoms with E-state index in [1.165, 1.54) is 23.0 Å². The molecule has 0 aliphatic rings. The molecular formula is C15H15N3O. The molecule has 3 aromatic rings. The minimum absolute atomic E-state index is 0.0407. The van der Waals surface area contributed by atoms with E-state index in [4.69, 9.17) is 0 Å². The van der Waals surface area contributed by atoms with E-state index in [0.29, 0.717) is 5.65 Å². The Hall–Kier alpha value is -2.20. The van der Waals surface area contributed by atoms with Crippen molar-refractivity contribution in [3.8, 4) is 11.1 Å². The predicted molar refractivity (Wildman–Crippen MR) is 73.8 cm³/mol. The van der Waals surface area contributed by atoms with Crippen LogP contribution in [0.25, 0.3) is 16.8 Å². The van der Waals surface area contributed by atoms with Crippen molar-refractivity contribution in [3.05, 3.63) is 53.5 Å². The molecule has 1 N–H and O–H groups in total. The molecule has 0 unspecified atom stereocenters. The quantitative estimate of drug-likeness (QED) is 0.763. The number of aliphatic hydroxyl groups excluding tert-OH is 1. The van der Waals surface area contributed by atoms with Crippen molar-refractivity contribution in [1.82, 2.24) is 14.6 Å².